The minimum absolute atomic E-state index is 0.0606. The molecule has 6 nitrogen and oxygen atoms in total. The van der Waals surface area contributed by atoms with Gasteiger partial charge in [0.15, 0.2) is 5.65 Å². The van der Waals surface area contributed by atoms with Crippen LogP contribution in [0, 0.1) is 6.92 Å². The Labute approximate surface area is 178 Å². The average Bonchev–Trinajstić information content (AvgIpc) is 3.11. The van der Waals surface area contributed by atoms with E-state index in [0.717, 1.165) is 16.3 Å². The largest absolute Gasteiger partial charge is 0.433 e. The van der Waals surface area contributed by atoms with Crippen molar-refractivity contribution in [1.82, 2.24) is 19.5 Å². The van der Waals surface area contributed by atoms with Crippen molar-refractivity contribution in [3.63, 3.8) is 0 Å². The lowest BCUT2D eigenvalue weighted by Gasteiger charge is -2.32. The lowest BCUT2D eigenvalue weighted by molar-refractivity contribution is -0.142. The summed E-state index contributed by atoms with van der Waals surface area (Å²) in [6.45, 7) is 2.60. The van der Waals surface area contributed by atoms with Crippen molar-refractivity contribution in [1.29, 1.82) is 0 Å². The summed E-state index contributed by atoms with van der Waals surface area (Å²) < 4.78 is 41.5. The monoisotopic (exact) mass is 431 g/mol. The summed E-state index contributed by atoms with van der Waals surface area (Å²) in [7, 11) is 3.87. The van der Waals surface area contributed by atoms with E-state index in [4.69, 9.17) is 0 Å². The third-order valence-corrected chi connectivity index (χ3v) is 5.69. The molecule has 3 heterocycles. The topological polar surface area (TPSA) is 53.7 Å². The third-order valence-electron chi connectivity index (χ3n) is 5.69. The van der Waals surface area contributed by atoms with E-state index in [2.05, 4.69) is 10.1 Å². The second-order valence-electron chi connectivity index (χ2n) is 8.13. The molecule has 0 unspecified atom stereocenters. The summed E-state index contributed by atoms with van der Waals surface area (Å²) in [6, 6.07) is 10.0. The van der Waals surface area contributed by atoms with Gasteiger partial charge < -0.3 is 9.80 Å². The number of hydrogen-bond acceptors (Lipinski definition) is 4. The Morgan fingerprint density at radius 2 is 1.74 bits per heavy atom. The molecule has 0 spiro atoms. The van der Waals surface area contributed by atoms with Crippen molar-refractivity contribution in [2.75, 3.05) is 32.1 Å². The maximum atomic E-state index is 13.6. The van der Waals surface area contributed by atoms with Crippen molar-refractivity contribution >= 4 is 17.2 Å². The number of likely N-dealkylation sites (tertiary alicyclic amines) is 1. The predicted molar refractivity (Wildman–Crippen MR) is 111 cm³/mol. The first kappa shape index (κ1) is 21.1. The Kier molecular flexibility index (Phi) is 5.36. The number of nitrogens with zero attached hydrogens (tertiary/aromatic N) is 5. The van der Waals surface area contributed by atoms with Gasteiger partial charge >= 0.3 is 6.18 Å². The van der Waals surface area contributed by atoms with Crippen LogP contribution in [0.15, 0.2) is 36.4 Å². The number of benzene rings is 1. The number of aryl methyl sites for hydroxylation is 1. The molecule has 31 heavy (non-hydrogen) atoms. The lowest BCUT2D eigenvalue weighted by Crippen LogP contribution is -2.38. The van der Waals surface area contributed by atoms with Crippen LogP contribution in [0.4, 0.5) is 18.9 Å². The molecule has 1 aliphatic rings. The van der Waals surface area contributed by atoms with Crippen LogP contribution in [-0.4, -0.2) is 52.6 Å². The molecule has 3 aromatic rings. The zero-order chi connectivity index (χ0) is 22.3. The number of aromatic nitrogens is 3. The SMILES string of the molecule is Cc1cc2nc(C3CCN(C(=O)c4ccc(N(C)C)cc4)CC3)cc(C(F)(F)F)n2n1. The molecule has 0 N–H and O–H groups in total. The molecular formula is C22H24F3N5O. The molecule has 0 saturated carbocycles. The maximum absolute atomic E-state index is 13.6. The highest BCUT2D eigenvalue weighted by Crippen LogP contribution is 2.34. The van der Waals surface area contributed by atoms with Gasteiger partial charge in [-0.25, -0.2) is 9.50 Å². The number of carbonyl (C=O) groups is 1. The number of amides is 1. The zero-order valence-electron chi connectivity index (χ0n) is 17.6. The molecule has 1 aromatic carbocycles. The van der Waals surface area contributed by atoms with Crippen molar-refractivity contribution < 1.29 is 18.0 Å². The second-order valence-corrected chi connectivity index (χ2v) is 8.13. The summed E-state index contributed by atoms with van der Waals surface area (Å²) in [6.07, 6.45) is -3.39. The third kappa shape index (κ3) is 4.22. The van der Waals surface area contributed by atoms with E-state index in [0.29, 0.717) is 42.9 Å². The molecule has 1 saturated heterocycles. The van der Waals surface area contributed by atoms with Crippen molar-refractivity contribution in [3.8, 4) is 0 Å². The number of hydrogen-bond donors (Lipinski definition) is 0. The van der Waals surface area contributed by atoms with Crippen LogP contribution in [-0.2, 0) is 6.18 Å². The zero-order valence-corrected chi connectivity index (χ0v) is 17.6. The van der Waals surface area contributed by atoms with Gasteiger partial charge in [0.2, 0.25) is 0 Å². The number of halogens is 3. The van der Waals surface area contributed by atoms with Gasteiger partial charge in [0, 0.05) is 56.1 Å². The lowest BCUT2D eigenvalue weighted by atomic mass is 9.92. The molecular weight excluding hydrogens is 407 g/mol. The van der Waals surface area contributed by atoms with Crippen LogP contribution in [0.3, 0.4) is 0 Å². The molecule has 0 radical (unpaired) electrons. The summed E-state index contributed by atoms with van der Waals surface area (Å²) in [5.74, 6) is -0.198. The number of rotatable bonds is 3. The fourth-order valence-electron chi connectivity index (χ4n) is 3.98. The van der Waals surface area contributed by atoms with E-state index in [1.54, 1.807) is 30.0 Å². The van der Waals surface area contributed by atoms with Gasteiger partial charge in [0.1, 0.15) is 5.69 Å². The van der Waals surface area contributed by atoms with E-state index in [9.17, 15) is 18.0 Å². The van der Waals surface area contributed by atoms with Gasteiger partial charge in [-0.05, 0) is 50.1 Å². The fourth-order valence-corrected chi connectivity index (χ4v) is 3.98. The number of piperidine rings is 1. The standard InChI is InChI=1S/C22H24F3N5O/c1-14-12-20-26-18(13-19(22(23,24)25)30(20)27-14)15-8-10-29(11-9-15)21(31)16-4-6-17(7-5-16)28(2)3/h4-7,12-13,15H,8-11H2,1-3H3. The highest BCUT2D eigenvalue weighted by Gasteiger charge is 2.36. The van der Waals surface area contributed by atoms with E-state index < -0.39 is 11.9 Å². The van der Waals surface area contributed by atoms with E-state index in [-0.39, 0.29) is 17.5 Å². The van der Waals surface area contributed by atoms with E-state index in [1.807, 2.05) is 31.1 Å². The average molecular weight is 431 g/mol. The Balaban J connectivity index is 1.51. The van der Waals surface area contributed by atoms with Gasteiger partial charge in [0.25, 0.3) is 5.91 Å². The van der Waals surface area contributed by atoms with Gasteiger partial charge in [-0.1, -0.05) is 0 Å². The molecule has 1 aliphatic heterocycles. The molecule has 0 aliphatic carbocycles. The first-order chi connectivity index (χ1) is 14.6. The van der Waals surface area contributed by atoms with Crippen LogP contribution < -0.4 is 4.90 Å². The van der Waals surface area contributed by atoms with Crippen LogP contribution in [0.2, 0.25) is 0 Å². The number of carbonyl (C=O) groups excluding carboxylic acids is 1. The Bertz CT molecular complexity index is 1100. The minimum atomic E-state index is -4.52. The Hall–Kier alpha value is -3.10. The molecule has 164 valence electrons. The highest BCUT2D eigenvalue weighted by atomic mass is 19.4. The maximum Gasteiger partial charge on any atom is 0.433 e. The van der Waals surface area contributed by atoms with Crippen molar-refractivity contribution in [2.45, 2.75) is 31.9 Å². The van der Waals surface area contributed by atoms with Gasteiger partial charge in [-0.15, -0.1) is 0 Å². The van der Waals surface area contributed by atoms with Crippen LogP contribution in [0.25, 0.3) is 5.65 Å². The van der Waals surface area contributed by atoms with Gasteiger partial charge in [-0.3, -0.25) is 4.79 Å². The van der Waals surface area contributed by atoms with E-state index >= 15 is 0 Å². The van der Waals surface area contributed by atoms with Crippen molar-refractivity contribution in [2.24, 2.45) is 0 Å². The van der Waals surface area contributed by atoms with Crippen LogP contribution in [0.5, 0.6) is 0 Å². The smallest absolute Gasteiger partial charge is 0.378 e. The first-order valence-electron chi connectivity index (χ1n) is 10.1. The predicted octanol–water partition coefficient (Wildman–Crippen LogP) is 4.14. The second kappa shape index (κ2) is 7.86. The molecule has 1 amide bonds. The molecule has 1 fully saturated rings. The summed E-state index contributed by atoms with van der Waals surface area (Å²) in [5, 5.41) is 3.93. The molecule has 0 bridgehead atoms. The molecule has 0 atom stereocenters. The number of fused-ring (bicyclic) bond motifs is 1. The molecule has 4 rings (SSSR count). The summed E-state index contributed by atoms with van der Waals surface area (Å²) in [4.78, 5) is 21.0. The van der Waals surface area contributed by atoms with Crippen LogP contribution >= 0.6 is 0 Å². The Morgan fingerprint density at radius 1 is 1.10 bits per heavy atom. The Morgan fingerprint density at radius 3 is 2.32 bits per heavy atom. The molecule has 2 aromatic heterocycles. The highest BCUT2D eigenvalue weighted by molar-refractivity contribution is 5.94. The molecule has 9 heteroatoms. The normalized spacial score (nSPS) is 15.5. The quantitative estimate of drug-likeness (QED) is 0.626. The number of alkyl halides is 3. The van der Waals surface area contributed by atoms with Gasteiger partial charge in [0.05, 0.1) is 5.69 Å². The minimum Gasteiger partial charge on any atom is -0.378 e. The first-order valence-corrected chi connectivity index (χ1v) is 10.1. The van der Waals surface area contributed by atoms with E-state index in [1.165, 1.54) is 0 Å². The summed E-state index contributed by atoms with van der Waals surface area (Å²) in [5.41, 5.74) is 1.88. The van der Waals surface area contributed by atoms with Gasteiger partial charge in [-0.2, -0.15) is 18.3 Å². The summed E-state index contributed by atoms with van der Waals surface area (Å²) >= 11 is 0. The fraction of sp³-hybridized carbons (Fsp3) is 0.409. The van der Waals surface area contributed by atoms with Crippen LogP contribution in [0.1, 0.15) is 46.2 Å². The van der Waals surface area contributed by atoms with Crippen molar-refractivity contribution in [3.05, 3.63) is 59.0 Å². The number of anilines is 1.